The first-order valence-corrected chi connectivity index (χ1v) is 10.0. The molecule has 7 heteroatoms. The fourth-order valence-corrected chi connectivity index (χ4v) is 4.48. The van der Waals surface area contributed by atoms with Crippen LogP contribution < -0.4 is 4.90 Å². The normalized spacial score (nSPS) is 20.2. The quantitative estimate of drug-likeness (QED) is 0.685. The highest BCUT2D eigenvalue weighted by atomic mass is 35.5. The lowest BCUT2D eigenvalue weighted by Gasteiger charge is -2.29. The molecule has 5 rings (SSSR count). The van der Waals surface area contributed by atoms with Gasteiger partial charge in [-0.1, -0.05) is 23.7 Å². The van der Waals surface area contributed by atoms with Crippen LogP contribution in [-0.2, 0) is 4.79 Å². The van der Waals surface area contributed by atoms with Crippen molar-refractivity contribution in [2.75, 3.05) is 31.1 Å². The molecule has 6 nitrogen and oxygen atoms in total. The number of nitrogens with zero attached hydrogens (tertiary/aromatic N) is 4. The van der Waals surface area contributed by atoms with E-state index >= 15 is 0 Å². The number of anilines is 1. The fourth-order valence-electron chi connectivity index (χ4n) is 4.35. The van der Waals surface area contributed by atoms with E-state index in [0.717, 1.165) is 54.9 Å². The Morgan fingerprint density at radius 1 is 1.11 bits per heavy atom. The molecule has 1 spiro atoms. The molecule has 1 unspecified atom stereocenters. The van der Waals surface area contributed by atoms with Crippen molar-refractivity contribution in [2.24, 2.45) is 5.41 Å². The molecule has 1 saturated carbocycles. The number of aldehydes is 1. The van der Waals surface area contributed by atoms with E-state index in [1.165, 1.54) is 12.8 Å². The number of fused-ring (bicyclic) bond motifs is 1. The maximum atomic E-state index is 12.0. The second kappa shape index (κ2) is 6.87. The van der Waals surface area contributed by atoms with Crippen LogP contribution in [0.1, 0.15) is 24.4 Å². The van der Waals surface area contributed by atoms with Gasteiger partial charge in [0.05, 0.1) is 11.4 Å². The van der Waals surface area contributed by atoms with Gasteiger partial charge in [-0.2, -0.15) is 0 Å². The molecule has 2 fully saturated rings. The third-order valence-electron chi connectivity index (χ3n) is 6.05. The van der Waals surface area contributed by atoms with Gasteiger partial charge in [-0.3, -0.25) is 4.90 Å². The lowest BCUT2D eigenvalue weighted by atomic mass is 10.0. The van der Waals surface area contributed by atoms with Gasteiger partial charge in [0, 0.05) is 42.8 Å². The van der Waals surface area contributed by atoms with Gasteiger partial charge in [-0.25, -0.2) is 9.97 Å². The summed E-state index contributed by atoms with van der Waals surface area (Å²) in [6, 6.07) is 9.42. The molecule has 144 valence electrons. The van der Waals surface area contributed by atoms with Gasteiger partial charge >= 0.3 is 0 Å². The van der Waals surface area contributed by atoms with Crippen molar-refractivity contribution in [3.8, 4) is 0 Å². The van der Waals surface area contributed by atoms with Crippen LogP contribution in [0.2, 0.25) is 5.02 Å². The average Bonchev–Trinajstić information content (AvgIpc) is 3.34. The van der Waals surface area contributed by atoms with Crippen molar-refractivity contribution in [2.45, 2.75) is 18.9 Å². The lowest BCUT2D eigenvalue weighted by Crippen LogP contribution is -2.35. The summed E-state index contributed by atoms with van der Waals surface area (Å²) in [6.07, 6.45) is 6.96. The van der Waals surface area contributed by atoms with Crippen LogP contribution in [0.3, 0.4) is 0 Å². The van der Waals surface area contributed by atoms with Crippen molar-refractivity contribution in [3.63, 3.8) is 0 Å². The number of H-pyrrole nitrogens is 1. The number of halogens is 1. The van der Waals surface area contributed by atoms with E-state index in [0.29, 0.717) is 5.02 Å². The molecule has 2 aromatic heterocycles. The Morgan fingerprint density at radius 3 is 2.68 bits per heavy atom. The number of nitrogens with one attached hydrogen (secondary N) is 1. The third kappa shape index (κ3) is 3.16. The Balaban J connectivity index is 1.44. The molecule has 3 aromatic rings. The van der Waals surface area contributed by atoms with E-state index in [9.17, 15) is 4.79 Å². The van der Waals surface area contributed by atoms with Crippen molar-refractivity contribution in [1.29, 1.82) is 0 Å². The van der Waals surface area contributed by atoms with Crippen LogP contribution in [0.5, 0.6) is 0 Å². The Hall–Kier alpha value is -2.44. The van der Waals surface area contributed by atoms with Crippen LogP contribution in [0.25, 0.3) is 11.0 Å². The second-order valence-corrected chi connectivity index (χ2v) is 8.40. The van der Waals surface area contributed by atoms with Gasteiger partial charge in [0.1, 0.15) is 24.1 Å². The average molecular weight is 396 g/mol. The first-order chi connectivity index (χ1) is 13.7. The summed E-state index contributed by atoms with van der Waals surface area (Å²) in [5, 5.41) is 1.74. The number of aromatic nitrogens is 3. The lowest BCUT2D eigenvalue weighted by molar-refractivity contribution is -0.112. The number of carbonyl (C=O) groups excluding carboxylic acids is 1. The minimum Gasteiger partial charge on any atom is -0.354 e. The second-order valence-electron chi connectivity index (χ2n) is 7.96. The van der Waals surface area contributed by atoms with Crippen LogP contribution in [0.15, 0.2) is 42.9 Å². The first kappa shape index (κ1) is 17.6. The van der Waals surface area contributed by atoms with Crippen LogP contribution >= 0.6 is 11.6 Å². The van der Waals surface area contributed by atoms with Crippen molar-refractivity contribution >= 4 is 34.7 Å². The highest BCUT2D eigenvalue weighted by Gasteiger charge is 2.48. The Morgan fingerprint density at radius 2 is 1.93 bits per heavy atom. The highest BCUT2D eigenvalue weighted by molar-refractivity contribution is 6.30. The van der Waals surface area contributed by atoms with Gasteiger partial charge in [0.2, 0.25) is 0 Å². The molecular formula is C21H22ClN5O. The molecule has 0 amide bonds. The third-order valence-corrected chi connectivity index (χ3v) is 6.30. The van der Waals surface area contributed by atoms with Crippen LogP contribution in [0.4, 0.5) is 5.82 Å². The number of rotatable bonds is 4. The van der Waals surface area contributed by atoms with Gasteiger partial charge < -0.3 is 14.7 Å². The Labute approximate surface area is 168 Å². The van der Waals surface area contributed by atoms with Crippen molar-refractivity contribution < 1.29 is 4.79 Å². The fraction of sp³-hybridized carbons (Fsp3) is 0.381. The number of aromatic amines is 1. The molecule has 1 aliphatic carbocycles. The minimum absolute atomic E-state index is 0.234. The summed E-state index contributed by atoms with van der Waals surface area (Å²) < 4.78 is 0. The standard InChI is InChI=1S/C21H22ClN5O/c22-16-3-1-15(2-4-16)18(11-28)26-9-10-27(13-21(12-26)6-7-21)20-17-5-8-23-19(17)24-14-25-20/h1-5,8,11,14,18H,6-7,9-10,12-13H2,(H,23,24,25). The van der Waals surface area contributed by atoms with E-state index in [1.807, 2.05) is 36.5 Å². The molecule has 1 N–H and O–H groups in total. The Bertz CT molecular complexity index is 997. The predicted octanol–water partition coefficient (Wildman–Crippen LogP) is 3.45. The molecule has 0 radical (unpaired) electrons. The largest absolute Gasteiger partial charge is 0.354 e. The summed E-state index contributed by atoms with van der Waals surface area (Å²) in [5.41, 5.74) is 2.10. The number of hydrogen-bond donors (Lipinski definition) is 1. The van der Waals surface area contributed by atoms with E-state index in [4.69, 9.17) is 11.6 Å². The zero-order chi connectivity index (χ0) is 19.1. The molecule has 1 aliphatic heterocycles. The van der Waals surface area contributed by atoms with E-state index in [1.54, 1.807) is 6.33 Å². The smallest absolute Gasteiger partial charge is 0.142 e. The van der Waals surface area contributed by atoms with E-state index in [2.05, 4.69) is 24.8 Å². The molecule has 0 bridgehead atoms. The van der Waals surface area contributed by atoms with Crippen LogP contribution in [-0.4, -0.2) is 52.3 Å². The Kier molecular flexibility index (Phi) is 4.33. The van der Waals surface area contributed by atoms with Crippen molar-refractivity contribution in [1.82, 2.24) is 19.9 Å². The predicted molar refractivity (Wildman–Crippen MR) is 110 cm³/mol. The topological polar surface area (TPSA) is 65.1 Å². The van der Waals surface area contributed by atoms with E-state index < -0.39 is 0 Å². The summed E-state index contributed by atoms with van der Waals surface area (Å²) in [6.45, 7) is 3.53. The molecule has 3 heterocycles. The highest BCUT2D eigenvalue weighted by Crippen LogP contribution is 2.49. The van der Waals surface area contributed by atoms with Gasteiger partial charge in [-0.05, 0) is 36.6 Å². The molecular weight excluding hydrogens is 374 g/mol. The molecule has 1 aromatic carbocycles. The zero-order valence-corrected chi connectivity index (χ0v) is 16.3. The number of benzene rings is 1. The molecule has 1 saturated heterocycles. The molecule has 28 heavy (non-hydrogen) atoms. The van der Waals surface area contributed by atoms with Gasteiger partial charge in [-0.15, -0.1) is 0 Å². The maximum absolute atomic E-state index is 12.0. The first-order valence-electron chi connectivity index (χ1n) is 9.65. The summed E-state index contributed by atoms with van der Waals surface area (Å²) in [4.78, 5) is 28.8. The number of hydrogen-bond acceptors (Lipinski definition) is 5. The minimum atomic E-state index is -0.243. The molecule has 1 atom stereocenters. The maximum Gasteiger partial charge on any atom is 0.142 e. The number of carbonyl (C=O) groups is 1. The summed E-state index contributed by atoms with van der Waals surface area (Å²) in [7, 11) is 0. The molecule has 2 aliphatic rings. The summed E-state index contributed by atoms with van der Waals surface area (Å²) >= 11 is 6.03. The monoisotopic (exact) mass is 395 g/mol. The SMILES string of the molecule is O=CC(c1ccc(Cl)cc1)N1CCN(c2ncnc3[nH]ccc23)CC2(CC2)C1. The van der Waals surface area contributed by atoms with Crippen LogP contribution in [0, 0.1) is 5.41 Å². The van der Waals surface area contributed by atoms with Gasteiger partial charge in [0.15, 0.2) is 0 Å². The van der Waals surface area contributed by atoms with Crippen molar-refractivity contribution in [3.05, 3.63) is 53.4 Å². The van der Waals surface area contributed by atoms with E-state index in [-0.39, 0.29) is 11.5 Å². The zero-order valence-electron chi connectivity index (χ0n) is 15.5. The van der Waals surface area contributed by atoms with Gasteiger partial charge in [0.25, 0.3) is 0 Å². The summed E-state index contributed by atoms with van der Waals surface area (Å²) in [5.74, 6) is 0.980.